The van der Waals surface area contributed by atoms with Crippen molar-refractivity contribution in [2.45, 2.75) is 78.7 Å². The summed E-state index contributed by atoms with van der Waals surface area (Å²) in [5.74, 6) is 6.60. The van der Waals surface area contributed by atoms with Gasteiger partial charge in [0, 0.05) is 90.0 Å². The molecule has 0 aromatic carbocycles. The molecule has 57 heavy (non-hydrogen) atoms. The van der Waals surface area contributed by atoms with Crippen LogP contribution in [0.3, 0.4) is 0 Å². The van der Waals surface area contributed by atoms with Gasteiger partial charge in [0.25, 0.3) is 0 Å². The average molecular weight is 801 g/mol. The van der Waals surface area contributed by atoms with E-state index < -0.39 is 0 Å². The van der Waals surface area contributed by atoms with Gasteiger partial charge < -0.3 is 38.8 Å². The van der Waals surface area contributed by atoms with Gasteiger partial charge in [-0.1, -0.05) is 0 Å². The summed E-state index contributed by atoms with van der Waals surface area (Å²) in [6, 6.07) is 12.7. The van der Waals surface area contributed by atoms with E-state index in [1.165, 1.54) is 9.75 Å². The lowest BCUT2D eigenvalue weighted by Crippen LogP contribution is -2.51. The molecule has 0 aliphatic carbocycles. The summed E-state index contributed by atoms with van der Waals surface area (Å²) < 4.78 is 6.29. The monoisotopic (exact) mass is 800 g/mol. The van der Waals surface area contributed by atoms with Crippen LogP contribution < -0.4 is 16.0 Å². The molecule has 18 heteroatoms. The predicted molar refractivity (Wildman–Crippen MR) is 232 cm³/mol. The SMILES string of the molecule is Cc1ccc(CN(C)C2=NC(C)N=C(N(C)CCc3ccc(CN(C)C4=NC(C)N=C(N(C)CCc5ccc(CN(C)C6=NC(C)N=C(N(C)C)N6)s5)N4)o3)N2)[nH]1. The van der Waals surface area contributed by atoms with Crippen molar-refractivity contribution in [1.29, 1.82) is 0 Å². The normalized spacial score (nSPS) is 19.1. The Morgan fingerprint density at radius 3 is 1.56 bits per heavy atom. The van der Waals surface area contributed by atoms with Crippen LogP contribution in [0.2, 0.25) is 0 Å². The molecule has 17 nitrogen and oxygen atoms in total. The smallest absolute Gasteiger partial charge is 0.203 e. The number of furan rings is 1. The average Bonchev–Trinajstić information content (AvgIpc) is 3.93. The third kappa shape index (κ3) is 11.1. The number of nitrogens with one attached hydrogen (secondary N) is 4. The van der Waals surface area contributed by atoms with Gasteiger partial charge in [-0.3, -0.25) is 16.0 Å². The van der Waals surface area contributed by atoms with Crippen molar-refractivity contribution in [3.63, 3.8) is 0 Å². The Labute approximate surface area is 341 Å². The maximum atomic E-state index is 6.29. The summed E-state index contributed by atoms with van der Waals surface area (Å²) in [5, 5.41) is 10.2. The molecular weight excluding hydrogens is 741 g/mol. The zero-order valence-electron chi connectivity index (χ0n) is 35.3. The largest absolute Gasteiger partial charge is 0.464 e. The summed E-state index contributed by atoms with van der Waals surface area (Å²) in [4.78, 5) is 46.9. The van der Waals surface area contributed by atoms with Crippen LogP contribution in [-0.4, -0.2) is 151 Å². The number of aryl methyl sites for hydroxylation is 1. The molecule has 0 fully saturated rings. The number of aliphatic imine (C=N–C) groups is 6. The molecule has 308 valence electrons. The van der Waals surface area contributed by atoms with Crippen molar-refractivity contribution < 1.29 is 4.42 Å². The zero-order chi connectivity index (χ0) is 40.8. The Kier molecular flexibility index (Phi) is 13.1. The van der Waals surface area contributed by atoms with E-state index in [1.54, 1.807) is 0 Å². The van der Waals surface area contributed by atoms with Crippen molar-refractivity contribution >= 4 is 47.1 Å². The molecule has 3 aromatic rings. The Morgan fingerprint density at radius 1 is 0.526 bits per heavy atom. The van der Waals surface area contributed by atoms with E-state index in [-0.39, 0.29) is 18.5 Å². The van der Waals surface area contributed by atoms with Gasteiger partial charge in [-0.15, -0.1) is 11.3 Å². The number of nitrogens with zero attached hydrogens (tertiary/aromatic N) is 12. The lowest BCUT2D eigenvalue weighted by Gasteiger charge is -2.30. The Balaban J connectivity index is 0.941. The lowest BCUT2D eigenvalue weighted by molar-refractivity contribution is 0.372. The van der Waals surface area contributed by atoms with Crippen LogP contribution in [0.15, 0.2) is 70.8 Å². The molecule has 3 aromatic heterocycles. The summed E-state index contributed by atoms with van der Waals surface area (Å²) in [6.45, 7) is 11.7. The summed E-state index contributed by atoms with van der Waals surface area (Å²) in [5.41, 5.74) is 2.28. The highest BCUT2D eigenvalue weighted by molar-refractivity contribution is 7.12. The lowest BCUT2D eigenvalue weighted by atomic mass is 10.3. The maximum absolute atomic E-state index is 6.29. The van der Waals surface area contributed by atoms with Crippen LogP contribution in [0.5, 0.6) is 0 Å². The quantitative estimate of drug-likeness (QED) is 0.215. The molecule has 4 N–H and O–H groups in total. The standard InChI is InChI=1S/C39H60N16OS/c1-25-12-13-29(40-25)22-53(9)38-45-27(3)42-35(48-38)51(7)20-18-30-14-15-31(56-30)23-54(10)39-46-28(4)43-36(49-39)52(8)21-19-32-16-17-33(57-32)24-55(11)37-44-26(2)41-34(47-37)50(5)6/h12-17,26-28,40H,18-24H2,1-11H3,(H,41,44,47)(H,42,45,48)(H,43,46,49). The molecule has 0 saturated carbocycles. The first-order valence-electron chi connectivity index (χ1n) is 19.5. The van der Waals surface area contributed by atoms with E-state index in [0.29, 0.717) is 6.54 Å². The second-order valence-electron chi connectivity index (χ2n) is 15.2. The second kappa shape index (κ2) is 18.2. The van der Waals surface area contributed by atoms with Gasteiger partial charge in [-0.25, -0.2) is 30.0 Å². The van der Waals surface area contributed by atoms with Crippen LogP contribution in [0.25, 0.3) is 0 Å². The van der Waals surface area contributed by atoms with Crippen molar-refractivity contribution in [3.8, 4) is 0 Å². The van der Waals surface area contributed by atoms with E-state index >= 15 is 0 Å². The molecule has 3 aliphatic heterocycles. The minimum Gasteiger partial charge on any atom is -0.464 e. The Bertz CT molecular complexity index is 2020. The van der Waals surface area contributed by atoms with Crippen molar-refractivity contribution in [2.75, 3.05) is 62.4 Å². The molecular formula is C39H60N16OS. The third-order valence-electron chi connectivity index (χ3n) is 9.66. The van der Waals surface area contributed by atoms with E-state index in [1.807, 2.05) is 78.3 Å². The molecule has 6 heterocycles. The minimum absolute atomic E-state index is 0.116. The van der Waals surface area contributed by atoms with E-state index in [0.717, 1.165) is 97.7 Å². The van der Waals surface area contributed by atoms with Crippen molar-refractivity contribution in [1.82, 2.24) is 50.3 Å². The Morgan fingerprint density at radius 2 is 1.00 bits per heavy atom. The van der Waals surface area contributed by atoms with Gasteiger partial charge in [0.15, 0.2) is 0 Å². The molecule has 3 aliphatic rings. The number of likely N-dealkylation sites (N-methyl/N-ethyl adjacent to an activating group) is 2. The van der Waals surface area contributed by atoms with Gasteiger partial charge in [-0.05, 0) is 70.5 Å². The van der Waals surface area contributed by atoms with Crippen molar-refractivity contribution in [2.24, 2.45) is 30.0 Å². The second-order valence-corrected chi connectivity index (χ2v) is 16.4. The number of hydrogen-bond acceptors (Lipinski definition) is 17. The first kappa shape index (κ1) is 41.1. The first-order valence-corrected chi connectivity index (χ1v) is 20.3. The van der Waals surface area contributed by atoms with Crippen LogP contribution in [0, 0.1) is 6.92 Å². The molecule has 3 unspecified atom stereocenters. The Hall–Kier alpha value is -5.52. The molecule has 0 amide bonds. The number of aromatic nitrogens is 1. The van der Waals surface area contributed by atoms with Crippen LogP contribution in [0.1, 0.15) is 53.4 Å². The molecule has 6 rings (SSSR count). The van der Waals surface area contributed by atoms with Gasteiger partial charge >= 0.3 is 0 Å². The third-order valence-corrected chi connectivity index (χ3v) is 10.8. The summed E-state index contributed by atoms with van der Waals surface area (Å²) >= 11 is 1.83. The summed E-state index contributed by atoms with van der Waals surface area (Å²) in [7, 11) is 14.2. The fraction of sp³-hybridized carbons (Fsp3) is 0.538. The number of rotatable bonds is 12. The fourth-order valence-electron chi connectivity index (χ4n) is 6.49. The number of hydrogen-bond donors (Lipinski definition) is 4. The number of guanidine groups is 6. The fourth-order valence-corrected chi connectivity index (χ4v) is 7.55. The number of thiophene rings is 1. The predicted octanol–water partition coefficient (Wildman–Crippen LogP) is 3.17. The number of H-pyrrole nitrogens is 1. The van der Waals surface area contributed by atoms with Gasteiger partial charge in [0.1, 0.15) is 30.0 Å². The first-order chi connectivity index (χ1) is 27.2. The topological polar surface area (TPSA) is 159 Å². The van der Waals surface area contributed by atoms with E-state index in [4.69, 9.17) is 24.4 Å². The molecule has 3 atom stereocenters. The van der Waals surface area contributed by atoms with E-state index in [9.17, 15) is 0 Å². The van der Waals surface area contributed by atoms with Gasteiger partial charge in [-0.2, -0.15) is 0 Å². The maximum Gasteiger partial charge on any atom is 0.203 e. The zero-order valence-corrected chi connectivity index (χ0v) is 36.1. The van der Waals surface area contributed by atoms with Crippen LogP contribution in [0.4, 0.5) is 0 Å². The highest BCUT2D eigenvalue weighted by Gasteiger charge is 2.23. The minimum atomic E-state index is -0.202. The highest BCUT2D eigenvalue weighted by atomic mass is 32.1. The molecule has 0 spiro atoms. The van der Waals surface area contributed by atoms with Crippen LogP contribution >= 0.6 is 11.3 Å². The van der Waals surface area contributed by atoms with Gasteiger partial charge in [0.05, 0.1) is 19.6 Å². The molecule has 0 bridgehead atoms. The van der Waals surface area contributed by atoms with Crippen LogP contribution in [-0.2, 0) is 32.5 Å². The highest BCUT2D eigenvalue weighted by Crippen LogP contribution is 2.20. The molecule has 0 saturated heterocycles. The van der Waals surface area contributed by atoms with Crippen molar-refractivity contribution in [3.05, 3.63) is 69.1 Å². The number of aromatic amines is 1. The van der Waals surface area contributed by atoms with E-state index in [2.05, 4.69) is 107 Å². The van der Waals surface area contributed by atoms with Gasteiger partial charge in [0.2, 0.25) is 35.8 Å². The molecule has 0 radical (unpaired) electrons. The summed E-state index contributed by atoms with van der Waals surface area (Å²) in [6.07, 6.45) is 1.15.